The maximum Gasteiger partial charge on any atom is 0.261 e. The Kier molecular flexibility index (Phi) is 5.39. The number of sulfonamides is 1. The third kappa shape index (κ3) is 4.10. The summed E-state index contributed by atoms with van der Waals surface area (Å²) in [5.41, 5.74) is 0.933. The molecule has 3 aromatic carbocycles. The zero-order chi connectivity index (χ0) is 22.0. The van der Waals surface area contributed by atoms with E-state index < -0.39 is 10.0 Å². The molecule has 4 rings (SSSR count). The Bertz CT molecular complexity index is 1410. The van der Waals surface area contributed by atoms with Crippen LogP contribution < -0.4 is 19.6 Å². The molecule has 0 spiro atoms. The summed E-state index contributed by atoms with van der Waals surface area (Å²) in [5, 5.41) is 0.258. The molecule has 0 saturated heterocycles. The van der Waals surface area contributed by atoms with E-state index in [0.717, 1.165) is 0 Å². The van der Waals surface area contributed by atoms with Crippen molar-refractivity contribution in [2.24, 2.45) is 0 Å². The van der Waals surface area contributed by atoms with Gasteiger partial charge in [0, 0.05) is 11.8 Å². The van der Waals surface area contributed by atoms with Crippen molar-refractivity contribution in [3.8, 4) is 22.8 Å². The summed E-state index contributed by atoms with van der Waals surface area (Å²) >= 11 is 0. The van der Waals surface area contributed by atoms with Crippen LogP contribution in [0.25, 0.3) is 22.3 Å². The largest absolute Gasteiger partial charge is 0.497 e. The van der Waals surface area contributed by atoms with Crippen LogP contribution in [0.2, 0.25) is 0 Å². The van der Waals surface area contributed by atoms with E-state index in [2.05, 4.69) is 4.72 Å². The van der Waals surface area contributed by atoms with Crippen molar-refractivity contribution in [3.05, 3.63) is 83.0 Å². The van der Waals surface area contributed by atoms with Crippen molar-refractivity contribution in [3.63, 3.8) is 0 Å². The molecular weight excluding hydrogens is 418 g/mol. The van der Waals surface area contributed by atoms with E-state index in [9.17, 15) is 13.2 Å². The molecule has 0 bridgehead atoms. The summed E-state index contributed by atoms with van der Waals surface area (Å²) in [5.74, 6) is 1.49. The second-order valence-corrected chi connectivity index (χ2v) is 8.35. The average molecular weight is 437 g/mol. The van der Waals surface area contributed by atoms with Crippen molar-refractivity contribution in [2.45, 2.75) is 4.90 Å². The molecule has 1 N–H and O–H groups in total. The molecule has 0 radical (unpaired) electrons. The number of ether oxygens (including phenoxy) is 2. The van der Waals surface area contributed by atoms with Gasteiger partial charge in [0.2, 0.25) is 0 Å². The first-order valence-electron chi connectivity index (χ1n) is 9.29. The minimum absolute atomic E-state index is 0.0759. The molecule has 7 nitrogen and oxygen atoms in total. The first kappa shape index (κ1) is 20.5. The third-order valence-electron chi connectivity index (χ3n) is 4.72. The lowest BCUT2D eigenvalue weighted by molar-refractivity contribution is 0.414. The zero-order valence-electron chi connectivity index (χ0n) is 16.8. The number of rotatable bonds is 6. The topological polar surface area (TPSA) is 94.8 Å². The molecule has 1 aromatic heterocycles. The third-order valence-corrected chi connectivity index (χ3v) is 6.12. The smallest absolute Gasteiger partial charge is 0.261 e. The van der Waals surface area contributed by atoms with Gasteiger partial charge in [0.05, 0.1) is 30.1 Å². The highest BCUT2D eigenvalue weighted by molar-refractivity contribution is 7.92. The summed E-state index contributed by atoms with van der Waals surface area (Å²) in [6, 6.07) is 19.1. The molecule has 0 unspecified atom stereocenters. The van der Waals surface area contributed by atoms with Crippen LogP contribution >= 0.6 is 0 Å². The molecule has 0 aliphatic rings. The van der Waals surface area contributed by atoms with Crippen LogP contribution in [-0.2, 0) is 10.0 Å². The van der Waals surface area contributed by atoms with Crippen LogP contribution in [0.15, 0.2) is 86.9 Å². The van der Waals surface area contributed by atoms with Crippen molar-refractivity contribution in [2.75, 3.05) is 18.9 Å². The SMILES string of the molecule is COc1ccc(S(=O)(=O)Nc2ccc3oc(-c4ccccc4OC)cc(=O)c3c2)cc1. The number of para-hydroxylation sites is 1. The Morgan fingerprint density at radius 1 is 0.871 bits per heavy atom. The van der Waals surface area contributed by atoms with E-state index >= 15 is 0 Å². The predicted octanol–water partition coefficient (Wildman–Crippen LogP) is 4.28. The maximum absolute atomic E-state index is 12.7. The molecule has 0 fully saturated rings. The summed E-state index contributed by atoms with van der Waals surface area (Å²) in [6.45, 7) is 0. The normalized spacial score (nSPS) is 11.3. The van der Waals surface area contributed by atoms with Gasteiger partial charge in [0.1, 0.15) is 22.8 Å². The van der Waals surface area contributed by atoms with Gasteiger partial charge >= 0.3 is 0 Å². The van der Waals surface area contributed by atoms with Crippen LogP contribution in [0.1, 0.15) is 0 Å². The molecule has 0 amide bonds. The maximum atomic E-state index is 12.7. The van der Waals surface area contributed by atoms with Crippen LogP contribution in [0, 0.1) is 0 Å². The number of methoxy groups -OCH3 is 2. The lowest BCUT2D eigenvalue weighted by Gasteiger charge is -2.10. The predicted molar refractivity (Wildman–Crippen MR) is 118 cm³/mol. The highest BCUT2D eigenvalue weighted by Gasteiger charge is 2.16. The molecule has 31 heavy (non-hydrogen) atoms. The molecule has 158 valence electrons. The fraction of sp³-hybridized carbons (Fsp3) is 0.0870. The van der Waals surface area contributed by atoms with E-state index in [0.29, 0.717) is 28.4 Å². The number of hydrogen-bond acceptors (Lipinski definition) is 6. The van der Waals surface area contributed by atoms with Gasteiger partial charge in [0.15, 0.2) is 5.43 Å². The number of hydrogen-bond donors (Lipinski definition) is 1. The van der Waals surface area contributed by atoms with E-state index in [1.165, 1.54) is 31.4 Å². The van der Waals surface area contributed by atoms with Gasteiger partial charge in [-0.3, -0.25) is 9.52 Å². The molecule has 1 heterocycles. The van der Waals surface area contributed by atoms with Gasteiger partial charge in [-0.1, -0.05) is 12.1 Å². The van der Waals surface area contributed by atoms with E-state index in [1.807, 2.05) is 12.1 Å². The van der Waals surface area contributed by atoms with Crippen LogP contribution in [0.5, 0.6) is 11.5 Å². The lowest BCUT2D eigenvalue weighted by Crippen LogP contribution is -2.13. The van der Waals surface area contributed by atoms with Crippen molar-refractivity contribution in [1.29, 1.82) is 0 Å². The highest BCUT2D eigenvalue weighted by atomic mass is 32.2. The fourth-order valence-electron chi connectivity index (χ4n) is 3.17. The second-order valence-electron chi connectivity index (χ2n) is 6.67. The van der Waals surface area contributed by atoms with Gasteiger partial charge in [-0.25, -0.2) is 8.42 Å². The number of nitrogens with one attached hydrogen (secondary N) is 1. The lowest BCUT2D eigenvalue weighted by atomic mass is 10.1. The number of anilines is 1. The summed E-state index contributed by atoms with van der Waals surface area (Å²) in [4.78, 5) is 12.8. The fourth-order valence-corrected chi connectivity index (χ4v) is 4.22. The number of fused-ring (bicyclic) bond motifs is 1. The molecule has 0 saturated carbocycles. The standard InChI is InChI=1S/C23H19NO6S/c1-28-16-8-10-17(11-9-16)31(26,27)24-15-7-12-22-19(13-15)20(25)14-23(30-22)18-5-3-4-6-21(18)29-2/h3-14,24H,1-2H3. The van der Waals surface area contributed by atoms with Crippen LogP contribution in [0.3, 0.4) is 0 Å². The van der Waals surface area contributed by atoms with Gasteiger partial charge in [-0.15, -0.1) is 0 Å². The van der Waals surface area contributed by atoms with E-state index in [-0.39, 0.29) is 21.4 Å². The highest BCUT2D eigenvalue weighted by Crippen LogP contribution is 2.31. The Morgan fingerprint density at radius 2 is 1.61 bits per heavy atom. The van der Waals surface area contributed by atoms with Crippen molar-refractivity contribution < 1.29 is 22.3 Å². The molecular formula is C23H19NO6S. The zero-order valence-corrected chi connectivity index (χ0v) is 17.6. The monoisotopic (exact) mass is 437 g/mol. The number of benzene rings is 3. The Balaban J connectivity index is 1.70. The minimum Gasteiger partial charge on any atom is -0.497 e. The molecule has 0 aliphatic heterocycles. The quantitative estimate of drug-likeness (QED) is 0.484. The van der Waals surface area contributed by atoms with Gasteiger partial charge in [0.25, 0.3) is 10.0 Å². The van der Waals surface area contributed by atoms with Crippen molar-refractivity contribution >= 4 is 26.7 Å². The Morgan fingerprint density at radius 3 is 2.32 bits per heavy atom. The minimum atomic E-state index is -3.83. The first-order valence-corrected chi connectivity index (χ1v) is 10.8. The first-order chi connectivity index (χ1) is 14.9. The average Bonchev–Trinajstić information content (AvgIpc) is 2.79. The summed E-state index contributed by atoms with van der Waals surface area (Å²) in [6.07, 6.45) is 0. The van der Waals surface area contributed by atoms with Gasteiger partial charge < -0.3 is 13.9 Å². The van der Waals surface area contributed by atoms with Gasteiger partial charge in [-0.2, -0.15) is 0 Å². The van der Waals surface area contributed by atoms with Crippen LogP contribution in [-0.4, -0.2) is 22.6 Å². The Hall–Kier alpha value is -3.78. The van der Waals surface area contributed by atoms with E-state index in [1.54, 1.807) is 43.5 Å². The molecule has 4 aromatic rings. The Labute approximate surface area is 178 Å². The molecule has 0 aliphatic carbocycles. The van der Waals surface area contributed by atoms with Crippen molar-refractivity contribution in [1.82, 2.24) is 0 Å². The summed E-state index contributed by atoms with van der Waals surface area (Å²) < 4.78 is 44.1. The van der Waals surface area contributed by atoms with Crippen LogP contribution in [0.4, 0.5) is 5.69 Å². The van der Waals surface area contributed by atoms with E-state index in [4.69, 9.17) is 13.9 Å². The molecule has 8 heteroatoms. The second kappa shape index (κ2) is 8.16. The van der Waals surface area contributed by atoms with Gasteiger partial charge in [-0.05, 0) is 54.6 Å². The summed E-state index contributed by atoms with van der Waals surface area (Å²) in [7, 11) is -0.792. The molecule has 0 atom stereocenters.